The third-order valence-corrected chi connectivity index (χ3v) is 3.62. The molecule has 0 spiro atoms. The number of fused-ring (bicyclic) bond motifs is 1. The first kappa shape index (κ1) is 18.2. The molecule has 24 heavy (non-hydrogen) atoms. The largest absolute Gasteiger partial charge is 0.0919 e. The van der Waals surface area contributed by atoms with Crippen LogP contribution in [0, 0.1) is 48.4 Å². The summed E-state index contributed by atoms with van der Waals surface area (Å²) in [4.78, 5) is 0. The Hall–Kier alpha value is -2.18. The molecule has 2 aromatic rings. The van der Waals surface area contributed by atoms with E-state index >= 15 is 0 Å². The van der Waals surface area contributed by atoms with E-state index in [1.54, 1.807) is 0 Å². The fraction of sp³-hybridized carbons (Fsp3) is 0.417. The van der Waals surface area contributed by atoms with E-state index in [4.69, 9.17) is 0 Å². The normalized spacial score (nSPS) is 11.5. The van der Waals surface area contributed by atoms with Crippen molar-refractivity contribution in [3.63, 3.8) is 0 Å². The van der Waals surface area contributed by atoms with E-state index in [1.807, 2.05) is 0 Å². The molecule has 0 aliphatic carbocycles. The summed E-state index contributed by atoms with van der Waals surface area (Å²) in [5, 5.41) is 2.41. The van der Waals surface area contributed by atoms with Crippen LogP contribution >= 0.6 is 0 Å². The summed E-state index contributed by atoms with van der Waals surface area (Å²) in [5.74, 6) is 13.6. The van der Waals surface area contributed by atoms with Crippen molar-refractivity contribution in [1.82, 2.24) is 0 Å². The zero-order chi connectivity index (χ0) is 18.1. The van der Waals surface area contributed by atoms with Crippen molar-refractivity contribution in [2.24, 2.45) is 10.8 Å². The maximum absolute atomic E-state index is 3.42. The van der Waals surface area contributed by atoms with Gasteiger partial charge in [-0.3, -0.25) is 0 Å². The van der Waals surface area contributed by atoms with Gasteiger partial charge in [-0.15, -0.1) is 0 Å². The second-order valence-electron chi connectivity index (χ2n) is 8.67. The van der Waals surface area contributed by atoms with Crippen molar-refractivity contribution in [2.45, 2.75) is 55.4 Å². The van der Waals surface area contributed by atoms with Crippen molar-refractivity contribution >= 4 is 10.8 Å². The Balaban J connectivity index is 2.78. The number of rotatable bonds is 0. The van der Waals surface area contributed by atoms with Gasteiger partial charge in [0.05, 0.1) is 0 Å². The SMILES string of the molecule is Cc1ccc2c(C#CC(C)(C)C)c(C)cc(C#CC(C)(C)C)c2c1. The predicted octanol–water partition coefficient (Wildman–Crippen LogP) is 6.25. The molecule has 0 radical (unpaired) electrons. The maximum atomic E-state index is 3.42. The standard InChI is InChI=1S/C24H28/c1-17-9-10-21-20(12-14-24(6,7)8)18(2)16-19(22(21)15-17)11-13-23(3,4)5/h9-10,15-16H,1-8H3. The van der Waals surface area contributed by atoms with Crippen molar-refractivity contribution < 1.29 is 0 Å². The lowest BCUT2D eigenvalue weighted by Gasteiger charge is -2.12. The molecule has 2 aromatic carbocycles. The van der Waals surface area contributed by atoms with Crippen LogP contribution in [0.25, 0.3) is 10.8 Å². The van der Waals surface area contributed by atoms with Gasteiger partial charge in [0.2, 0.25) is 0 Å². The van der Waals surface area contributed by atoms with Crippen LogP contribution in [0.1, 0.15) is 63.8 Å². The van der Waals surface area contributed by atoms with E-state index in [-0.39, 0.29) is 10.8 Å². The molecule has 0 fully saturated rings. The highest BCUT2D eigenvalue weighted by molar-refractivity contribution is 5.94. The second kappa shape index (κ2) is 6.37. The van der Waals surface area contributed by atoms with E-state index in [2.05, 4.69) is 103 Å². The highest BCUT2D eigenvalue weighted by Gasteiger charge is 2.10. The van der Waals surface area contributed by atoms with Crippen molar-refractivity contribution in [3.05, 3.63) is 46.5 Å². The molecular weight excluding hydrogens is 288 g/mol. The van der Waals surface area contributed by atoms with Crippen LogP contribution in [-0.2, 0) is 0 Å². The summed E-state index contributed by atoms with van der Waals surface area (Å²) in [5.41, 5.74) is 4.66. The topological polar surface area (TPSA) is 0 Å². The minimum atomic E-state index is -0.00578. The average Bonchev–Trinajstić information content (AvgIpc) is 2.42. The maximum Gasteiger partial charge on any atom is 0.0354 e. The highest BCUT2D eigenvalue weighted by Crippen LogP contribution is 2.27. The fourth-order valence-electron chi connectivity index (χ4n) is 2.45. The number of aryl methyl sites for hydroxylation is 2. The summed E-state index contributed by atoms with van der Waals surface area (Å²) in [6, 6.07) is 8.76. The molecule has 2 rings (SSSR count). The van der Waals surface area contributed by atoms with Crippen LogP contribution in [0.15, 0.2) is 24.3 Å². The Morgan fingerprint density at radius 1 is 0.708 bits per heavy atom. The first-order valence-corrected chi connectivity index (χ1v) is 8.57. The van der Waals surface area contributed by atoms with Crippen LogP contribution in [0.3, 0.4) is 0 Å². The monoisotopic (exact) mass is 316 g/mol. The van der Waals surface area contributed by atoms with Gasteiger partial charge in [-0.2, -0.15) is 0 Å². The van der Waals surface area contributed by atoms with Crippen LogP contribution in [0.4, 0.5) is 0 Å². The molecule has 0 saturated heterocycles. The highest BCUT2D eigenvalue weighted by atomic mass is 14.1. The summed E-state index contributed by atoms with van der Waals surface area (Å²) >= 11 is 0. The number of hydrogen-bond donors (Lipinski definition) is 0. The first-order chi connectivity index (χ1) is 11.0. The zero-order valence-corrected chi connectivity index (χ0v) is 16.3. The van der Waals surface area contributed by atoms with Gasteiger partial charge < -0.3 is 0 Å². The quantitative estimate of drug-likeness (QED) is 0.504. The number of hydrogen-bond acceptors (Lipinski definition) is 0. The van der Waals surface area contributed by atoms with Crippen LogP contribution in [0.5, 0.6) is 0 Å². The molecule has 0 saturated carbocycles. The van der Waals surface area contributed by atoms with Crippen LogP contribution in [0.2, 0.25) is 0 Å². The smallest absolute Gasteiger partial charge is 0.0354 e. The fourth-order valence-corrected chi connectivity index (χ4v) is 2.45. The van der Waals surface area contributed by atoms with Gasteiger partial charge in [0.1, 0.15) is 0 Å². The number of benzene rings is 2. The van der Waals surface area contributed by atoms with Gasteiger partial charge >= 0.3 is 0 Å². The molecule has 0 atom stereocenters. The molecule has 0 aliphatic rings. The van der Waals surface area contributed by atoms with Crippen molar-refractivity contribution in [3.8, 4) is 23.7 Å². The first-order valence-electron chi connectivity index (χ1n) is 8.57. The Kier molecular flexibility index (Phi) is 4.82. The second-order valence-corrected chi connectivity index (χ2v) is 8.67. The van der Waals surface area contributed by atoms with Crippen molar-refractivity contribution in [2.75, 3.05) is 0 Å². The lowest BCUT2D eigenvalue weighted by Crippen LogP contribution is -2.01. The third kappa shape index (κ3) is 4.66. The minimum Gasteiger partial charge on any atom is -0.0919 e. The molecule has 0 heteroatoms. The lowest BCUT2D eigenvalue weighted by atomic mass is 9.91. The summed E-state index contributed by atoms with van der Waals surface area (Å²) in [7, 11) is 0. The Bertz CT molecular complexity index is 889. The van der Waals surface area contributed by atoms with Crippen molar-refractivity contribution in [1.29, 1.82) is 0 Å². The summed E-state index contributed by atoms with van der Waals surface area (Å²) in [6.07, 6.45) is 0. The Morgan fingerprint density at radius 3 is 1.88 bits per heavy atom. The Morgan fingerprint density at radius 2 is 1.29 bits per heavy atom. The van der Waals surface area contributed by atoms with Gasteiger partial charge in [0.15, 0.2) is 0 Å². The van der Waals surface area contributed by atoms with Gasteiger partial charge in [-0.05, 0) is 77.8 Å². The molecule has 0 nitrogen and oxygen atoms in total. The molecule has 0 heterocycles. The summed E-state index contributed by atoms with van der Waals surface area (Å²) in [6.45, 7) is 17.1. The minimum absolute atomic E-state index is 0.00519. The molecule has 0 N–H and O–H groups in total. The molecule has 0 aromatic heterocycles. The lowest BCUT2D eigenvalue weighted by molar-refractivity contribution is 0.570. The van der Waals surface area contributed by atoms with E-state index in [0.717, 1.165) is 11.1 Å². The van der Waals surface area contributed by atoms with Crippen LogP contribution in [-0.4, -0.2) is 0 Å². The molecular formula is C24H28. The molecule has 124 valence electrons. The molecule has 0 bridgehead atoms. The van der Waals surface area contributed by atoms with Crippen LogP contribution < -0.4 is 0 Å². The van der Waals surface area contributed by atoms with Gasteiger partial charge in [-0.1, -0.05) is 47.4 Å². The predicted molar refractivity (Wildman–Crippen MR) is 106 cm³/mol. The average molecular weight is 316 g/mol. The van der Waals surface area contributed by atoms with E-state index in [9.17, 15) is 0 Å². The van der Waals surface area contributed by atoms with Gasteiger partial charge in [0.25, 0.3) is 0 Å². The van der Waals surface area contributed by atoms with Gasteiger partial charge in [0, 0.05) is 22.0 Å². The van der Waals surface area contributed by atoms with E-state index in [0.29, 0.717) is 0 Å². The molecule has 0 unspecified atom stereocenters. The van der Waals surface area contributed by atoms with E-state index in [1.165, 1.54) is 21.9 Å². The molecule has 0 amide bonds. The van der Waals surface area contributed by atoms with E-state index < -0.39 is 0 Å². The summed E-state index contributed by atoms with van der Waals surface area (Å²) < 4.78 is 0. The molecule has 0 aliphatic heterocycles. The zero-order valence-electron chi connectivity index (χ0n) is 16.3. The third-order valence-electron chi connectivity index (χ3n) is 3.62. The Labute approximate surface area is 147 Å². The van der Waals surface area contributed by atoms with Gasteiger partial charge in [-0.25, -0.2) is 0 Å².